The molecule has 0 bridgehead atoms. The smallest absolute Gasteiger partial charge is 0.313 e. The van der Waals surface area contributed by atoms with Crippen LogP contribution in [0.25, 0.3) is 0 Å². The number of hydrogen-bond donors (Lipinski definition) is 1. The van der Waals surface area contributed by atoms with Gasteiger partial charge in [-0.2, -0.15) is 0 Å². The molecule has 0 aromatic heterocycles. The molecule has 1 aliphatic carbocycles. The highest BCUT2D eigenvalue weighted by Gasteiger charge is 2.43. The summed E-state index contributed by atoms with van der Waals surface area (Å²) in [6, 6.07) is 0. The van der Waals surface area contributed by atoms with E-state index in [1.165, 1.54) is 6.42 Å². The lowest BCUT2D eigenvalue weighted by Gasteiger charge is -2.40. The number of hydrogen-bond acceptors (Lipinski definition) is 4. The third-order valence-electron chi connectivity index (χ3n) is 5.49. The Hall–Kier alpha value is -0.610. The molecule has 1 saturated carbocycles. The Bertz CT molecular complexity index is 350. The van der Waals surface area contributed by atoms with E-state index in [-0.39, 0.29) is 12.1 Å². The molecule has 0 aromatic rings. The molecule has 1 heterocycles. The topological polar surface area (TPSA) is 61.5 Å². The van der Waals surface area contributed by atoms with Gasteiger partial charge < -0.3 is 15.2 Å². The van der Waals surface area contributed by atoms with Crippen LogP contribution >= 0.6 is 0 Å². The standard InChI is InChI=1S/C17H31NO3/c1-12(2)14-5-4-13(3)10-15(14)21-16(19)17(11-18)6-8-20-9-7-17/h12-15H,4-11,18H2,1-3H3. The fourth-order valence-electron chi connectivity index (χ4n) is 3.77. The Morgan fingerprint density at radius 3 is 2.57 bits per heavy atom. The third-order valence-corrected chi connectivity index (χ3v) is 5.49. The number of nitrogens with two attached hydrogens (primary N) is 1. The van der Waals surface area contributed by atoms with Crippen molar-refractivity contribution < 1.29 is 14.3 Å². The maximum atomic E-state index is 12.7. The van der Waals surface area contributed by atoms with Crippen LogP contribution in [0.2, 0.25) is 0 Å². The SMILES string of the molecule is CC1CCC(C(C)C)C(OC(=O)C2(CN)CCOCC2)C1. The molecule has 2 fully saturated rings. The van der Waals surface area contributed by atoms with Crippen molar-refractivity contribution in [1.82, 2.24) is 0 Å². The molecule has 0 radical (unpaired) electrons. The Kier molecular flexibility index (Phi) is 5.67. The molecule has 4 heteroatoms. The van der Waals surface area contributed by atoms with Gasteiger partial charge in [0.15, 0.2) is 0 Å². The fraction of sp³-hybridized carbons (Fsp3) is 0.941. The van der Waals surface area contributed by atoms with Gasteiger partial charge in [-0.15, -0.1) is 0 Å². The number of ether oxygens (including phenoxy) is 2. The van der Waals surface area contributed by atoms with E-state index in [1.54, 1.807) is 0 Å². The quantitative estimate of drug-likeness (QED) is 0.811. The van der Waals surface area contributed by atoms with E-state index in [4.69, 9.17) is 15.2 Å². The van der Waals surface area contributed by atoms with Crippen molar-refractivity contribution in [3.63, 3.8) is 0 Å². The van der Waals surface area contributed by atoms with E-state index in [0.29, 0.717) is 50.4 Å². The Morgan fingerprint density at radius 2 is 2.00 bits per heavy atom. The zero-order chi connectivity index (χ0) is 15.5. The molecule has 3 atom stereocenters. The minimum atomic E-state index is -0.513. The summed E-state index contributed by atoms with van der Waals surface area (Å²) < 4.78 is 11.4. The van der Waals surface area contributed by atoms with Crippen molar-refractivity contribution in [2.45, 2.75) is 59.0 Å². The summed E-state index contributed by atoms with van der Waals surface area (Å²) in [5.41, 5.74) is 5.40. The zero-order valence-corrected chi connectivity index (χ0v) is 13.8. The minimum absolute atomic E-state index is 0.0625. The van der Waals surface area contributed by atoms with Gasteiger partial charge in [-0.25, -0.2) is 0 Å². The highest BCUT2D eigenvalue weighted by molar-refractivity contribution is 5.77. The second-order valence-electron chi connectivity index (χ2n) is 7.37. The van der Waals surface area contributed by atoms with Gasteiger partial charge in [-0.1, -0.05) is 27.2 Å². The van der Waals surface area contributed by atoms with Crippen molar-refractivity contribution >= 4 is 5.97 Å². The van der Waals surface area contributed by atoms with E-state index in [1.807, 2.05) is 0 Å². The molecule has 0 spiro atoms. The van der Waals surface area contributed by atoms with Gasteiger partial charge in [0.1, 0.15) is 6.10 Å². The molecule has 0 amide bonds. The number of carbonyl (C=O) groups excluding carboxylic acids is 1. The zero-order valence-electron chi connectivity index (χ0n) is 13.8. The Labute approximate surface area is 128 Å². The van der Waals surface area contributed by atoms with Gasteiger partial charge in [-0.3, -0.25) is 4.79 Å². The van der Waals surface area contributed by atoms with Crippen LogP contribution in [0.5, 0.6) is 0 Å². The maximum absolute atomic E-state index is 12.7. The molecule has 2 rings (SSSR count). The first-order valence-electron chi connectivity index (χ1n) is 8.47. The number of rotatable bonds is 4. The average molecular weight is 297 g/mol. The third kappa shape index (κ3) is 3.78. The molecule has 4 nitrogen and oxygen atoms in total. The molecule has 122 valence electrons. The van der Waals surface area contributed by atoms with Gasteiger partial charge in [0, 0.05) is 19.8 Å². The van der Waals surface area contributed by atoms with Gasteiger partial charge in [0.25, 0.3) is 0 Å². The average Bonchev–Trinajstić information content (AvgIpc) is 2.47. The van der Waals surface area contributed by atoms with Crippen molar-refractivity contribution in [3.05, 3.63) is 0 Å². The highest BCUT2D eigenvalue weighted by Crippen LogP contribution is 2.38. The lowest BCUT2D eigenvalue weighted by molar-refractivity contribution is -0.173. The first-order chi connectivity index (χ1) is 9.98. The second kappa shape index (κ2) is 7.10. The minimum Gasteiger partial charge on any atom is -0.462 e. The number of carbonyl (C=O) groups is 1. The van der Waals surface area contributed by atoms with Gasteiger partial charge in [0.2, 0.25) is 0 Å². The predicted molar refractivity (Wildman–Crippen MR) is 82.8 cm³/mol. The normalized spacial score (nSPS) is 32.9. The van der Waals surface area contributed by atoms with Crippen LogP contribution in [-0.4, -0.2) is 31.8 Å². The summed E-state index contributed by atoms with van der Waals surface area (Å²) in [4.78, 5) is 12.7. The van der Waals surface area contributed by atoms with Crippen LogP contribution in [0.4, 0.5) is 0 Å². The van der Waals surface area contributed by atoms with Crippen LogP contribution in [0.3, 0.4) is 0 Å². The van der Waals surface area contributed by atoms with E-state index >= 15 is 0 Å². The summed E-state index contributed by atoms with van der Waals surface area (Å²) in [7, 11) is 0. The Balaban J connectivity index is 2.04. The lowest BCUT2D eigenvalue weighted by Crippen LogP contribution is -2.47. The van der Waals surface area contributed by atoms with Crippen LogP contribution in [0.15, 0.2) is 0 Å². The van der Waals surface area contributed by atoms with E-state index in [0.717, 1.165) is 12.8 Å². The molecule has 21 heavy (non-hydrogen) atoms. The molecule has 1 aliphatic heterocycles. The van der Waals surface area contributed by atoms with Crippen molar-refractivity contribution in [3.8, 4) is 0 Å². The molecular formula is C17H31NO3. The first kappa shape index (κ1) is 16.8. The summed E-state index contributed by atoms with van der Waals surface area (Å²) in [6.45, 7) is 8.31. The van der Waals surface area contributed by atoms with Crippen LogP contribution in [0.1, 0.15) is 52.9 Å². The van der Waals surface area contributed by atoms with Crippen LogP contribution in [-0.2, 0) is 14.3 Å². The van der Waals surface area contributed by atoms with Gasteiger partial charge in [0.05, 0.1) is 5.41 Å². The molecule has 0 aromatic carbocycles. The molecule has 2 aliphatic rings. The molecule has 1 saturated heterocycles. The number of esters is 1. The lowest BCUT2D eigenvalue weighted by atomic mass is 9.75. The summed E-state index contributed by atoms with van der Waals surface area (Å²) >= 11 is 0. The molecular weight excluding hydrogens is 266 g/mol. The van der Waals surface area contributed by atoms with Crippen LogP contribution in [0, 0.1) is 23.2 Å². The van der Waals surface area contributed by atoms with E-state index in [9.17, 15) is 4.79 Å². The van der Waals surface area contributed by atoms with Crippen molar-refractivity contribution in [2.75, 3.05) is 19.8 Å². The van der Waals surface area contributed by atoms with Crippen molar-refractivity contribution in [2.24, 2.45) is 28.9 Å². The molecule has 2 N–H and O–H groups in total. The molecule has 3 unspecified atom stereocenters. The summed E-state index contributed by atoms with van der Waals surface area (Å²) in [5, 5.41) is 0. The fourth-order valence-corrected chi connectivity index (χ4v) is 3.77. The second-order valence-corrected chi connectivity index (χ2v) is 7.37. The first-order valence-corrected chi connectivity index (χ1v) is 8.47. The van der Waals surface area contributed by atoms with Crippen molar-refractivity contribution in [1.29, 1.82) is 0 Å². The van der Waals surface area contributed by atoms with E-state index < -0.39 is 5.41 Å². The van der Waals surface area contributed by atoms with Gasteiger partial charge in [-0.05, 0) is 43.4 Å². The maximum Gasteiger partial charge on any atom is 0.313 e. The summed E-state index contributed by atoms with van der Waals surface area (Å²) in [6.07, 6.45) is 4.84. The predicted octanol–water partition coefficient (Wildman–Crippen LogP) is 2.75. The van der Waals surface area contributed by atoms with Crippen LogP contribution < -0.4 is 5.73 Å². The monoisotopic (exact) mass is 297 g/mol. The van der Waals surface area contributed by atoms with E-state index in [2.05, 4.69) is 20.8 Å². The summed E-state index contributed by atoms with van der Waals surface area (Å²) in [5.74, 6) is 1.60. The highest BCUT2D eigenvalue weighted by atomic mass is 16.5. The van der Waals surface area contributed by atoms with Gasteiger partial charge >= 0.3 is 5.97 Å². The largest absolute Gasteiger partial charge is 0.462 e. The Morgan fingerprint density at radius 1 is 1.33 bits per heavy atom.